The molecule has 0 spiro atoms. The molecule has 0 saturated carbocycles. The fourth-order valence-electron chi connectivity index (χ4n) is 4.43. The number of fused-ring (bicyclic) bond motifs is 1. The number of aryl methyl sites for hydroxylation is 1. The van der Waals surface area contributed by atoms with Crippen LogP contribution < -0.4 is 0 Å². The molecule has 0 radical (unpaired) electrons. The number of halogens is 4. The van der Waals surface area contributed by atoms with Crippen molar-refractivity contribution in [3.05, 3.63) is 53.1 Å². The van der Waals surface area contributed by atoms with E-state index in [0.717, 1.165) is 24.6 Å². The van der Waals surface area contributed by atoms with Crippen molar-refractivity contribution in [2.24, 2.45) is 5.92 Å². The molecule has 1 aliphatic rings. The van der Waals surface area contributed by atoms with Crippen molar-refractivity contribution in [2.75, 3.05) is 26.3 Å². The van der Waals surface area contributed by atoms with Crippen LogP contribution in [0, 0.1) is 29.2 Å². The SMILES string of the molecule is CCOCCCn1c(SCc2cc(F)c(F)c(F)c2F)nc2cc(S(=O)(=O)N3CCCC(C)C3)ccc21. The fraction of sp³-hybridized carbons (Fsp3) is 0.480. The quantitative estimate of drug-likeness (QED) is 0.104. The summed E-state index contributed by atoms with van der Waals surface area (Å²) in [5.74, 6) is -6.56. The van der Waals surface area contributed by atoms with E-state index in [-0.39, 0.29) is 22.1 Å². The highest BCUT2D eigenvalue weighted by atomic mass is 32.2. The minimum Gasteiger partial charge on any atom is -0.382 e. The summed E-state index contributed by atoms with van der Waals surface area (Å²) >= 11 is 1.02. The van der Waals surface area contributed by atoms with Crippen molar-refractivity contribution in [2.45, 2.75) is 55.5 Å². The summed E-state index contributed by atoms with van der Waals surface area (Å²) in [6, 6.07) is 5.39. The van der Waals surface area contributed by atoms with Crippen LogP contribution in [0.5, 0.6) is 0 Å². The van der Waals surface area contributed by atoms with Crippen molar-refractivity contribution in [3.63, 3.8) is 0 Å². The summed E-state index contributed by atoms with van der Waals surface area (Å²) in [6.07, 6.45) is 2.42. The normalized spacial score (nSPS) is 17.1. The standard InChI is InChI=1S/C25H29F4N3O3S2/c1-3-35-11-5-10-32-21-8-7-18(37(33,34)31-9-4-6-16(2)14-31)13-20(21)30-25(32)36-15-17-12-19(26)23(28)24(29)22(17)27/h7-8,12-13,16H,3-6,9-11,14-15H2,1-2H3. The molecular formula is C25H29F4N3O3S2. The van der Waals surface area contributed by atoms with Crippen LogP contribution in [0.1, 0.15) is 38.7 Å². The molecule has 1 saturated heterocycles. The van der Waals surface area contributed by atoms with E-state index in [0.29, 0.717) is 61.5 Å². The Bertz CT molecular complexity index is 1380. The summed E-state index contributed by atoms with van der Waals surface area (Å²) in [7, 11) is -3.70. The zero-order valence-corrected chi connectivity index (χ0v) is 22.3. The second kappa shape index (κ2) is 11.7. The Labute approximate surface area is 218 Å². The fourth-order valence-corrected chi connectivity index (χ4v) is 7.05. The first-order valence-electron chi connectivity index (χ1n) is 12.2. The summed E-state index contributed by atoms with van der Waals surface area (Å²) in [5, 5.41) is 0.414. The number of rotatable bonds is 10. The topological polar surface area (TPSA) is 64.4 Å². The molecule has 2 aromatic carbocycles. The molecule has 4 rings (SSSR count). The van der Waals surface area contributed by atoms with Gasteiger partial charge in [0.1, 0.15) is 0 Å². The van der Waals surface area contributed by atoms with E-state index in [9.17, 15) is 26.0 Å². The molecule has 1 aromatic heterocycles. The zero-order valence-electron chi connectivity index (χ0n) is 20.6. The van der Waals surface area contributed by atoms with Gasteiger partial charge in [-0.25, -0.2) is 31.0 Å². The summed E-state index contributed by atoms with van der Waals surface area (Å²) in [4.78, 5) is 4.71. The highest BCUT2D eigenvalue weighted by molar-refractivity contribution is 7.98. The van der Waals surface area contributed by atoms with Gasteiger partial charge in [-0.3, -0.25) is 0 Å². The molecule has 6 nitrogen and oxygen atoms in total. The van der Waals surface area contributed by atoms with Crippen LogP contribution >= 0.6 is 11.8 Å². The van der Waals surface area contributed by atoms with Crippen LogP contribution in [0.3, 0.4) is 0 Å². The first-order chi connectivity index (χ1) is 17.6. The van der Waals surface area contributed by atoms with E-state index in [1.54, 1.807) is 12.1 Å². The van der Waals surface area contributed by atoms with Crippen LogP contribution in [0.2, 0.25) is 0 Å². The first kappa shape index (κ1) is 27.9. The molecule has 12 heteroatoms. The molecule has 0 N–H and O–H groups in total. The van der Waals surface area contributed by atoms with Gasteiger partial charge in [-0.05, 0) is 56.4 Å². The maximum atomic E-state index is 14.2. The van der Waals surface area contributed by atoms with Crippen LogP contribution in [0.25, 0.3) is 11.0 Å². The number of aromatic nitrogens is 2. The molecular weight excluding hydrogens is 530 g/mol. The average Bonchev–Trinajstić information content (AvgIpc) is 3.23. The van der Waals surface area contributed by atoms with Gasteiger partial charge in [0.05, 0.1) is 15.9 Å². The summed E-state index contributed by atoms with van der Waals surface area (Å²) in [6.45, 7) is 6.36. The van der Waals surface area contributed by atoms with Gasteiger partial charge < -0.3 is 9.30 Å². The zero-order chi connectivity index (χ0) is 26.7. The smallest absolute Gasteiger partial charge is 0.243 e. The number of hydrogen-bond donors (Lipinski definition) is 0. The molecule has 1 fully saturated rings. The number of ether oxygens (including phenoxy) is 1. The predicted octanol–water partition coefficient (Wildman–Crippen LogP) is 5.73. The van der Waals surface area contributed by atoms with Gasteiger partial charge >= 0.3 is 0 Å². The first-order valence-corrected chi connectivity index (χ1v) is 14.6. The lowest BCUT2D eigenvalue weighted by molar-refractivity contribution is 0.141. The number of nitrogens with zero attached hydrogens (tertiary/aromatic N) is 3. The Morgan fingerprint density at radius 2 is 1.92 bits per heavy atom. The third-order valence-electron chi connectivity index (χ3n) is 6.35. The maximum absolute atomic E-state index is 14.2. The number of imidazole rings is 1. The Morgan fingerprint density at radius 3 is 2.65 bits per heavy atom. The van der Waals surface area contributed by atoms with Gasteiger partial charge in [0.15, 0.2) is 28.4 Å². The molecule has 0 aliphatic carbocycles. The van der Waals surface area contributed by atoms with Gasteiger partial charge in [0.25, 0.3) is 0 Å². The van der Waals surface area contributed by atoms with Crippen molar-refractivity contribution in [1.82, 2.24) is 13.9 Å². The molecule has 1 atom stereocenters. The van der Waals surface area contributed by atoms with Gasteiger partial charge in [-0.1, -0.05) is 18.7 Å². The van der Waals surface area contributed by atoms with Crippen molar-refractivity contribution in [1.29, 1.82) is 0 Å². The second-order valence-electron chi connectivity index (χ2n) is 9.11. The average molecular weight is 560 g/mol. The number of hydrogen-bond acceptors (Lipinski definition) is 5. The largest absolute Gasteiger partial charge is 0.382 e. The highest BCUT2D eigenvalue weighted by Crippen LogP contribution is 2.32. The summed E-state index contributed by atoms with van der Waals surface area (Å²) < 4.78 is 90.3. The van der Waals surface area contributed by atoms with Crippen molar-refractivity contribution >= 4 is 32.8 Å². The Balaban J connectivity index is 1.66. The van der Waals surface area contributed by atoms with E-state index in [2.05, 4.69) is 4.98 Å². The molecule has 1 aliphatic heterocycles. The lowest BCUT2D eigenvalue weighted by atomic mass is 10.0. The van der Waals surface area contributed by atoms with Crippen LogP contribution in [0.15, 0.2) is 34.3 Å². The van der Waals surface area contributed by atoms with Crippen molar-refractivity contribution < 1.29 is 30.7 Å². The van der Waals surface area contributed by atoms with Crippen molar-refractivity contribution in [3.8, 4) is 0 Å². The number of piperidine rings is 1. The number of sulfonamides is 1. The van der Waals surface area contributed by atoms with E-state index < -0.39 is 33.3 Å². The van der Waals surface area contributed by atoms with Gasteiger partial charge in [-0.15, -0.1) is 0 Å². The second-order valence-corrected chi connectivity index (χ2v) is 12.0. The van der Waals surface area contributed by atoms with Crippen LogP contribution in [-0.2, 0) is 27.1 Å². The van der Waals surface area contributed by atoms with E-state index >= 15 is 0 Å². The molecule has 0 bridgehead atoms. The van der Waals surface area contributed by atoms with Gasteiger partial charge in [-0.2, -0.15) is 4.31 Å². The predicted molar refractivity (Wildman–Crippen MR) is 134 cm³/mol. The maximum Gasteiger partial charge on any atom is 0.243 e. The lowest BCUT2D eigenvalue weighted by Crippen LogP contribution is -2.39. The molecule has 37 heavy (non-hydrogen) atoms. The molecule has 1 unspecified atom stereocenters. The molecule has 2 heterocycles. The minimum atomic E-state index is -3.70. The Hall–Kier alpha value is -2.15. The Morgan fingerprint density at radius 1 is 1.14 bits per heavy atom. The number of thioether (sulfide) groups is 1. The lowest BCUT2D eigenvalue weighted by Gasteiger charge is -2.30. The minimum absolute atomic E-state index is 0.137. The van der Waals surface area contributed by atoms with E-state index in [4.69, 9.17) is 4.74 Å². The number of benzene rings is 2. The van der Waals surface area contributed by atoms with Gasteiger partial charge in [0, 0.05) is 44.2 Å². The third kappa shape index (κ3) is 5.97. The molecule has 202 valence electrons. The Kier molecular flexibility index (Phi) is 8.82. The van der Waals surface area contributed by atoms with E-state index in [1.165, 1.54) is 10.4 Å². The van der Waals surface area contributed by atoms with Crippen LogP contribution in [-0.4, -0.2) is 48.6 Å². The molecule has 0 amide bonds. The van der Waals surface area contributed by atoms with E-state index in [1.807, 2.05) is 18.4 Å². The molecule has 3 aromatic rings. The summed E-state index contributed by atoms with van der Waals surface area (Å²) in [5.41, 5.74) is 0.765. The monoisotopic (exact) mass is 559 g/mol. The van der Waals surface area contributed by atoms with Gasteiger partial charge in [0.2, 0.25) is 10.0 Å². The van der Waals surface area contributed by atoms with Crippen LogP contribution in [0.4, 0.5) is 17.6 Å². The third-order valence-corrected chi connectivity index (χ3v) is 9.24. The highest BCUT2D eigenvalue weighted by Gasteiger charge is 2.29.